The van der Waals surface area contributed by atoms with E-state index in [1.165, 1.54) is 6.39 Å². The number of anilines is 2. The minimum atomic E-state index is 0.567. The molecule has 4 rings (SSSR count). The van der Waals surface area contributed by atoms with Crippen molar-refractivity contribution in [2.75, 3.05) is 5.32 Å². The predicted molar refractivity (Wildman–Crippen MR) is 86.3 cm³/mol. The van der Waals surface area contributed by atoms with Crippen LogP contribution < -0.4 is 5.32 Å². The van der Waals surface area contributed by atoms with Crippen LogP contribution >= 0.6 is 11.6 Å². The molecule has 0 aliphatic rings. The number of H-pyrrole nitrogens is 1. The monoisotopic (exact) mass is 310 g/mol. The van der Waals surface area contributed by atoms with E-state index in [1.807, 2.05) is 36.5 Å². The van der Waals surface area contributed by atoms with E-state index in [0.717, 1.165) is 33.7 Å². The van der Waals surface area contributed by atoms with Gasteiger partial charge < -0.3 is 14.7 Å². The number of nitrogens with one attached hydrogen (secondary N) is 2. The van der Waals surface area contributed by atoms with Crippen LogP contribution in [0.3, 0.4) is 0 Å². The summed E-state index contributed by atoms with van der Waals surface area (Å²) < 4.78 is 5.33. The lowest BCUT2D eigenvalue weighted by molar-refractivity contribution is 0.572. The lowest BCUT2D eigenvalue weighted by Gasteiger charge is -2.10. The average molecular weight is 311 g/mol. The summed E-state index contributed by atoms with van der Waals surface area (Å²) in [4.78, 5) is 11.3. The van der Waals surface area contributed by atoms with E-state index in [9.17, 15) is 0 Å². The Morgan fingerprint density at radius 3 is 3.00 bits per heavy atom. The van der Waals surface area contributed by atoms with Crippen molar-refractivity contribution < 1.29 is 4.42 Å². The zero-order valence-electron chi connectivity index (χ0n) is 11.4. The number of aromatic amines is 1. The van der Waals surface area contributed by atoms with Crippen LogP contribution in [0.2, 0.25) is 5.02 Å². The van der Waals surface area contributed by atoms with Crippen molar-refractivity contribution in [3.05, 3.63) is 60.3 Å². The number of pyridine rings is 1. The van der Waals surface area contributed by atoms with Crippen LogP contribution in [0.25, 0.3) is 22.4 Å². The fourth-order valence-corrected chi connectivity index (χ4v) is 2.56. The second-order valence-corrected chi connectivity index (χ2v) is 5.20. The summed E-state index contributed by atoms with van der Waals surface area (Å²) in [6.45, 7) is 0. The topological polar surface area (TPSA) is 66.7 Å². The van der Waals surface area contributed by atoms with Crippen LogP contribution in [0, 0.1) is 0 Å². The summed E-state index contributed by atoms with van der Waals surface area (Å²) in [5.41, 5.74) is 3.46. The smallest absolute Gasteiger partial charge is 0.181 e. The molecule has 1 aromatic carbocycles. The van der Waals surface area contributed by atoms with Gasteiger partial charge in [0.25, 0.3) is 0 Å². The summed E-state index contributed by atoms with van der Waals surface area (Å²) in [7, 11) is 0. The van der Waals surface area contributed by atoms with E-state index in [-0.39, 0.29) is 0 Å². The van der Waals surface area contributed by atoms with Gasteiger partial charge in [0.2, 0.25) is 0 Å². The number of fused-ring (bicyclic) bond motifs is 1. The van der Waals surface area contributed by atoms with Crippen LogP contribution in [0.5, 0.6) is 0 Å². The highest BCUT2D eigenvalue weighted by Crippen LogP contribution is 2.32. The van der Waals surface area contributed by atoms with E-state index < -0.39 is 0 Å². The number of oxazole rings is 1. The van der Waals surface area contributed by atoms with Crippen LogP contribution in [0.15, 0.2) is 59.7 Å². The molecule has 6 heteroatoms. The maximum Gasteiger partial charge on any atom is 0.181 e. The third-order valence-corrected chi connectivity index (χ3v) is 3.68. The molecule has 0 atom stereocenters. The van der Waals surface area contributed by atoms with Crippen molar-refractivity contribution in [2.45, 2.75) is 0 Å². The highest BCUT2D eigenvalue weighted by Gasteiger charge is 2.09. The fourth-order valence-electron chi connectivity index (χ4n) is 2.36. The first-order valence-electron chi connectivity index (χ1n) is 6.69. The first-order chi connectivity index (χ1) is 10.8. The molecule has 3 heterocycles. The van der Waals surface area contributed by atoms with Gasteiger partial charge in [-0.2, -0.15) is 0 Å². The number of nitrogens with zero attached hydrogens (tertiary/aromatic N) is 2. The largest absolute Gasteiger partial charge is 0.444 e. The quantitative estimate of drug-likeness (QED) is 0.579. The Balaban J connectivity index is 1.75. The van der Waals surface area contributed by atoms with E-state index >= 15 is 0 Å². The van der Waals surface area contributed by atoms with Gasteiger partial charge in [0.15, 0.2) is 12.2 Å². The van der Waals surface area contributed by atoms with Gasteiger partial charge in [0.05, 0.1) is 23.1 Å². The first-order valence-corrected chi connectivity index (χ1v) is 7.06. The molecule has 3 aromatic heterocycles. The Morgan fingerprint density at radius 1 is 1.18 bits per heavy atom. The first kappa shape index (κ1) is 12.9. The zero-order valence-corrected chi connectivity index (χ0v) is 12.1. The highest BCUT2D eigenvalue weighted by molar-refractivity contribution is 6.34. The molecule has 0 bridgehead atoms. The van der Waals surface area contributed by atoms with E-state index in [4.69, 9.17) is 16.0 Å². The fraction of sp³-hybridized carbons (Fsp3) is 0. The van der Waals surface area contributed by atoms with Gasteiger partial charge in [0, 0.05) is 22.8 Å². The van der Waals surface area contributed by atoms with Crippen LogP contribution in [0.4, 0.5) is 11.4 Å². The maximum absolute atomic E-state index is 6.28. The molecule has 0 saturated heterocycles. The van der Waals surface area contributed by atoms with Crippen molar-refractivity contribution in [3.8, 4) is 11.3 Å². The third kappa shape index (κ3) is 2.21. The standard InChI is InChI=1S/C16H11ClN4O/c17-13-7-20-16-12(4-5-19-16)15(13)21-11-3-1-2-10(6-11)14-8-18-9-22-14/h1-9H,(H2,19,20,21). The van der Waals surface area contributed by atoms with Crippen LogP contribution in [0.1, 0.15) is 0 Å². The average Bonchev–Trinajstić information content (AvgIpc) is 3.21. The van der Waals surface area contributed by atoms with Gasteiger partial charge >= 0.3 is 0 Å². The minimum Gasteiger partial charge on any atom is -0.444 e. The number of hydrogen-bond acceptors (Lipinski definition) is 4. The summed E-state index contributed by atoms with van der Waals surface area (Å²) in [6, 6.07) is 9.80. The number of hydrogen-bond donors (Lipinski definition) is 2. The van der Waals surface area contributed by atoms with Gasteiger partial charge in [-0.1, -0.05) is 23.7 Å². The molecule has 108 valence electrons. The Morgan fingerprint density at radius 2 is 2.14 bits per heavy atom. The SMILES string of the molecule is Clc1cnc2[nH]ccc2c1Nc1cccc(-c2cnco2)c1. The van der Waals surface area contributed by atoms with Crippen molar-refractivity contribution in [2.24, 2.45) is 0 Å². The minimum absolute atomic E-state index is 0.567. The second kappa shape index (κ2) is 5.20. The molecular weight excluding hydrogens is 300 g/mol. The van der Waals surface area contributed by atoms with Gasteiger partial charge in [-0.05, 0) is 18.2 Å². The van der Waals surface area contributed by atoms with Crippen LogP contribution in [-0.2, 0) is 0 Å². The number of benzene rings is 1. The summed E-state index contributed by atoms with van der Waals surface area (Å²) >= 11 is 6.28. The zero-order chi connectivity index (χ0) is 14.9. The number of halogens is 1. The molecular formula is C16H11ClN4O. The van der Waals surface area contributed by atoms with E-state index in [0.29, 0.717) is 5.02 Å². The Kier molecular flexibility index (Phi) is 3.05. The normalized spacial score (nSPS) is 11.0. The summed E-state index contributed by atoms with van der Waals surface area (Å²) in [5, 5.41) is 4.86. The molecule has 0 fully saturated rings. The molecule has 0 radical (unpaired) electrons. The summed E-state index contributed by atoms with van der Waals surface area (Å²) in [6.07, 6.45) is 6.56. The molecule has 0 aliphatic heterocycles. The Hall–Kier alpha value is -2.79. The molecule has 5 nitrogen and oxygen atoms in total. The van der Waals surface area contributed by atoms with Gasteiger partial charge in [-0.15, -0.1) is 0 Å². The number of rotatable bonds is 3. The molecule has 0 unspecified atom stereocenters. The molecule has 0 amide bonds. The highest BCUT2D eigenvalue weighted by atomic mass is 35.5. The molecule has 4 aromatic rings. The second-order valence-electron chi connectivity index (χ2n) is 4.79. The van der Waals surface area contributed by atoms with E-state index in [2.05, 4.69) is 20.3 Å². The van der Waals surface area contributed by atoms with Gasteiger partial charge in [-0.3, -0.25) is 0 Å². The molecule has 2 N–H and O–H groups in total. The molecule has 22 heavy (non-hydrogen) atoms. The number of aromatic nitrogens is 3. The van der Waals surface area contributed by atoms with Crippen molar-refractivity contribution in [3.63, 3.8) is 0 Å². The van der Waals surface area contributed by atoms with Gasteiger partial charge in [-0.25, -0.2) is 9.97 Å². The Bertz CT molecular complexity index is 930. The van der Waals surface area contributed by atoms with Crippen LogP contribution in [-0.4, -0.2) is 15.0 Å². The lowest BCUT2D eigenvalue weighted by atomic mass is 10.1. The maximum atomic E-state index is 6.28. The van der Waals surface area contributed by atoms with Crippen molar-refractivity contribution in [1.82, 2.24) is 15.0 Å². The summed E-state index contributed by atoms with van der Waals surface area (Å²) in [5.74, 6) is 0.719. The van der Waals surface area contributed by atoms with Gasteiger partial charge in [0.1, 0.15) is 5.65 Å². The lowest BCUT2D eigenvalue weighted by Crippen LogP contribution is -1.93. The third-order valence-electron chi connectivity index (χ3n) is 3.39. The molecule has 0 aliphatic carbocycles. The van der Waals surface area contributed by atoms with Crippen molar-refractivity contribution in [1.29, 1.82) is 0 Å². The van der Waals surface area contributed by atoms with Crippen molar-refractivity contribution >= 4 is 34.0 Å². The Labute approximate surface area is 131 Å². The molecule has 0 spiro atoms. The molecule has 0 saturated carbocycles. The van der Waals surface area contributed by atoms with E-state index in [1.54, 1.807) is 12.4 Å². The predicted octanol–water partition coefficient (Wildman–Crippen LogP) is 4.61.